The first-order valence-corrected chi connectivity index (χ1v) is 9.15. The van der Waals surface area contributed by atoms with Gasteiger partial charge in [-0.1, -0.05) is 29.3 Å². The molecule has 1 aromatic rings. The number of nitrogens with zero attached hydrogens (tertiary/aromatic N) is 2. The normalized spacial score (nSPS) is 15.4. The van der Waals surface area contributed by atoms with Gasteiger partial charge in [0.15, 0.2) is 0 Å². The van der Waals surface area contributed by atoms with Crippen molar-refractivity contribution in [1.82, 2.24) is 15.1 Å². The number of hydrogen-bond donors (Lipinski definition) is 1. The molecular formula is C18H23Cl2N3O3. The molecule has 0 aromatic heterocycles. The van der Waals surface area contributed by atoms with Crippen LogP contribution in [0.5, 0.6) is 0 Å². The van der Waals surface area contributed by atoms with Gasteiger partial charge in [0.25, 0.3) is 0 Å². The summed E-state index contributed by atoms with van der Waals surface area (Å²) in [5, 5.41) is 3.74. The number of halogens is 2. The van der Waals surface area contributed by atoms with Crippen molar-refractivity contribution >= 4 is 41.1 Å². The van der Waals surface area contributed by atoms with Gasteiger partial charge in [-0.2, -0.15) is 0 Å². The third kappa shape index (κ3) is 6.61. The van der Waals surface area contributed by atoms with Crippen molar-refractivity contribution in [2.45, 2.75) is 0 Å². The first kappa shape index (κ1) is 20.7. The minimum absolute atomic E-state index is 0.0265. The summed E-state index contributed by atoms with van der Waals surface area (Å²) in [6.07, 6.45) is 3.26. The molecule has 0 radical (unpaired) electrons. The monoisotopic (exact) mass is 399 g/mol. The van der Waals surface area contributed by atoms with Gasteiger partial charge in [0, 0.05) is 45.9 Å². The molecule has 1 saturated heterocycles. The molecule has 0 unspecified atom stereocenters. The number of methoxy groups -OCH3 is 1. The summed E-state index contributed by atoms with van der Waals surface area (Å²) < 4.78 is 4.90. The van der Waals surface area contributed by atoms with E-state index < -0.39 is 0 Å². The summed E-state index contributed by atoms with van der Waals surface area (Å²) in [4.78, 5) is 27.9. The zero-order chi connectivity index (χ0) is 18.9. The number of ether oxygens (including phenoxy) is 1. The molecule has 1 aromatic carbocycles. The Bertz CT molecular complexity index is 659. The van der Waals surface area contributed by atoms with Crippen LogP contribution in [0.1, 0.15) is 5.56 Å². The average molecular weight is 400 g/mol. The lowest BCUT2D eigenvalue weighted by Gasteiger charge is -2.33. The first-order valence-electron chi connectivity index (χ1n) is 8.39. The van der Waals surface area contributed by atoms with Gasteiger partial charge in [0.1, 0.15) is 0 Å². The third-order valence-corrected chi connectivity index (χ3v) is 4.78. The van der Waals surface area contributed by atoms with Crippen molar-refractivity contribution in [3.63, 3.8) is 0 Å². The molecule has 1 heterocycles. The van der Waals surface area contributed by atoms with E-state index in [2.05, 4.69) is 5.32 Å². The molecule has 1 aliphatic heterocycles. The lowest BCUT2D eigenvalue weighted by Crippen LogP contribution is -2.51. The molecule has 0 bridgehead atoms. The van der Waals surface area contributed by atoms with Crippen LogP contribution in [-0.4, -0.2) is 74.6 Å². The van der Waals surface area contributed by atoms with Crippen molar-refractivity contribution in [3.05, 3.63) is 39.9 Å². The summed E-state index contributed by atoms with van der Waals surface area (Å²) in [6.45, 7) is 3.87. The molecule has 1 fully saturated rings. The smallest absolute Gasteiger partial charge is 0.246 e. The highest BCUT2D eigenvalue weighted by molar-refractivity contribution is 6.42. The standard InChI is InChI=1S/C18H23Cl2N3O3/c1-26-11-6-21-17(24)13-22-7-9-23(10-8-22)18(25)5-3-14-2-4-15(19)16(20)12-14/h2-5,12H,6-11,13H2,1H3,(H,21,24)/b5-3+. The number of hydrogen-bond acceptors (Lipinski definition) is 4. The lowest BCUT2D eigenvalue weighted by molar-refractivity contribution is -0.128. The molecule has 0 aliphatic carbocycles. The van der Waals surface area contributed by atoms with Crippen LogP contribution in [0.2, 0.25) is 10.0 Å². The second kappa shape index (κ2) is 10.5. The van der Waals surface area contributed by atoms with Crippen LogP contribution < -0.4 is 5.32 Å². The Balaban J connectivity index is 1.76. The fourth-order valence-corrected chi connectivity index (χ4v) is 2.87. The Morgan fingerprint density at radius 1 is 1.19 bits per heavy atom. The minimum Gasteiger partial charge on any atom is -0.383 e. The highest BCUT2D eigenvalue weighted by Gasteiger charge is 2.21. The van der Waals surface area contributed by atoms with Crippen molar-refractivity contribution in [3.8, 4) is 0 Å². The van der Waals surface area contributed by atoms with Crippen LogP contribution in [0.3, 0.4) is 0 Å². The van der Waals surface area contributed by atoms with E-state index in [0.29, 0.717) is 55.9 Å². The molecule has 0 saturated carbocycles. The number of benzene rings is 1. The predicted octanol–water partition coefficient (Wildman–Crippen LogP) is 1.91. The largest absolute Gasteiger partial charge is 0.383 e. The van der Waals surface area contributed by atoms with E-state index in [1.807, 2.05) is 4.90 Å². The number of nitrogens with one attached hydrogen (secondary N) is 1. The number of carbonyl (C=O) groups is 2. The van der Waals surface area contributed by atoms with E-state index >= 15 is 0 Å². The molecule has 2 rings (SSSR count). The van der Waals surface area contributed by atoms with Gasteiger partial charge in [-0.3, -0.25) is 14.5 Å². The zero-order valence-corrected chi connectivity index (χ0v) is 16.2. The molecule has 0 spiro atoms. The van der Waals surface area contributed by atoms with Gasteiger partial charge in [-0.05, 0) is 23.8 Å². The quantitative estimate of drug-likeness (QED) is 0.561. The Kier molecular flexibility index (Phi) is 8.38. The Hall–Kier alpha value is -1.60. The maximum atomic E-state index is 12.3. The highest BCUT2D eigenvalue weighted by Crippen LogP contribution is 2.23. The average Bonchev–Trinajstić information content (AvgIpc) is 2.63. The second-order valence-electron chi connectivity index (χ2n) is 5.95. The van der Waals surface area contributed by atoms with E-state index in [4.69, 9.17) is 27.9 Å². The van der Waals surface area contributed by atoms with Gasteiger partial charge in [0.2, 0.25) is 11.8 Å². The van der Waals surface area contributed by atoms with Crippen molar-refractivity contribution in [2.75, 3.05) is 53.0 Å². The SMILES string of the molecule is COCCNC(=O)CN1CCN(C(=O)/C=C/c2ccc(Cl)c(Cl)c2)CC1. The number of piperazine rings is 1. The van der Waals surface area contributed by atoms with Crippen molar-refractivity contribution in [1.29, 1.82) is 0 Å². The molecule has 1 aliphatic rings. The van der Waals surface area contributed by atoms with Crippen LogP contribution in [0.25, 0.3) is 6.08 Å². The molecule has 6 nitrogen and oxygen atoms in total. The maximum absolute atomic E-state index is 12.3. The first-order chi connectivity index (χ1) is 12.5. The van der Waals surface area contributed by atoms with E-state index in [1.165, 1.54) is 6.08 Å². The Morgan fingerprint density at radius 2 is 1.92 bits per heavy atom. The van der Waals surface area contributed by atoms with E-state index in [9.17, 15) is 9.59 Å². The number of carbonyl (C=O) groups excluding carboxylic acids is 2. The second-order valence-corrected chi connectivity index (χ2v) is 6.77. The molecule has 1 N–H and O–H groups in total. The zero-order valence-electron chi connectivity index (χ0n) is 14.7. The fourth-order valence-electron chi connectivity index (χ4n) is 2.57. The maximum Gasteiger partial charge on any atom is 0.246 e. The van der Waals surface area contributed by atoms with E-state index in [0.717, 1.165) is 5.56 Å². The third-order valence-electron chi connectivity index (χ3n) is 4.04. The van der Waals surface area contributed by atoms with E-state index in [-0.39, 0.29) is 11.8 Å². The molecule has 142 valence electrons. The molecule has 8 heteroatoms. The van der Waals surface area contributed by atoms with Gasteiger partial charge in [-0.15, -0.1) is 0 Å². The minimum atomic E-state index is -0.0553. The van der Waals surface area contributed by atoms with Gasteiger partial charge >= 0.3 is 0 Å². The van der Waals surface area contributed by atoms with Crippen LogP contribution >= 0.6 is 23.2 Å². The fraction of sp³-hybridized carbons (Fsp3) is 0.444. The highest BCUT2D eigenvalue weighted by atomic mass is 35.5. The van der Waals surface area contributed by atoms with Crippen LogP contribution in [0, 0.1) is 0 Å². The summed E-state index contributed by atoms with van der Waals surface area (Å²) in [7, 11) is 1.60. The number of amides is 2. The van der Waals surface area contributed by atoms with Gasteiger partial charge < -0.3 is 15.0 Å². The van der Waals surface area contributed by atoms with Crippen LogP contribution in [-0.2, 0) is 14.3 Å². The molecule has 26 heavy (non-hydrogen) atoms. The Morgan fingerprint density at radius 3 is 2.58 bits per heavy atom. The molecule has 0 atom stereocenters. The van der Waals surface area contributed by atoms with Crippen LogP contribution in [0.15, 0.2) is 24.3 Å². The van der Waals surface area contributed by atoms with Crippen LogP contribution in [0.4, 0.5) is 0 Å². The predicted molar refractivity (Wildman–Crippen MR) is 103 cm³/mol. The Labute approximate surface area is 163 Å². The molecule has 2 amide bonds. The molecular weight excluding hydrogens is 377 g/mol. The van der Waals surface area contributed by atoms with Crippen molar-refractivity contribution in [2.24, 2.45) is 0 Å². The summed E-state index contributed by atoms with van der Waals surface area (Å²) in [5.74, 6) is -0.0818. The van der Waals surface area contributed by atoms with Gasteiger partial charge in [-0.25, -0.2) is 0 Å². The number of rotatable bonds is 7. The van der Waals surface area contributed by atoms with Gasteiger partial charge in [0.05, 0.1) is 23.2 Å². The summed E-state index contributed by atoms with van der Waals surface area (Å²) >= 11 is 11.8. The lowest BCUT2D eigenvalue weighted by atomic mass is 10.2. The topological polar surface area (TPSA) is 61.9 Å². The van der Waals surface area contributed by atoms with Crippen molar-refractivity contribution < 1.29 is 14.3 Å². The summed E-state index contributed by atoms with van der Waals surface area (Å²) in [5.41, 5.74) is 0.819. The summed E-state index contributed by atoms with van der Waals surface area (Å²) in [6, 6.07) is 5.22. The van der Waals surface area contributed by atoms with E-state index in [1.54, 1.807) is 36.3 Å².